The minimum absolute atomic E-state index is 0.236. The number of rotatable bonds is 4. The molecule has 1 unspecified atom stereocenters. The number of benzene rings is 1. The predicted octanol–water partition coefficient (Wildman–Crippen LogP) is 1.94. The highest BCUT2D eigenvalue weighted by atomic mass is 127. The fourth-order valence-corrected chi connectivity index (χ4v) is 1.79. The number of carbonyl (C=O) groups is 1. The zero-order valence-corrected chi connectivity index (χ0v) is 10.9. The van der Waals surface area contributed by atoms with Crippen LogP contribution < -0.4 is 5.32 Å². The monoisotopic (exact) mass is 319 g/mol. The maximum atomic E-state index is 11.1. The van der Waals surface area contributed by atoms with Crippen molar-refractivity contribution in [2.45, 2.75) is 19.5 Å². The van der Waals surface area contributed by atoms with Crippen LogP contribution in [0.5, 0.6) is 0 Å². The first-order valence-electron chi connectivity index (χ1n) is 4.69. The minimum atomic E-state index is -0.270. The summed E-state index contributed by atoms with van der Waals surface area (Å²) in [5.74, 6) is -0.236. The summed E-state index contributed by atoms with van der Waals surface area (Å²) in [5.41, 5.74) is 1.16. The highest BCUT2D eigenvalue weighted by Crippen LogP contribution is 2.07. The first-order valence-corrected chi connectivity index (χ1v) is 5.77. The van der Waals surface area contributed by atoms with Gasteiger partial charge in [0.25, 0.3) is 0 Å². The molecule has 1 rings (SSSR count). The molecule has 0 heterocycles. The lowest BCUT2D eigenvalue weighted by atomic mass is 10.2. The van der Waals surface area contributed by atoms with Gasteiger partial charge in [0, 0.05) is 10.1 Å². The number of carbonyl (C=O) groups excluding carboxylic acids is 1. The van der Waals surface area contributed by atoms with Crippen molar-refractivity contribution in [2.24, 2.45) is 0 Å². The quantitative estimate of drug-likeness (QED) is 0.681. The van der Waals surface area contributed by atoms with Crippen LogP contribution in [-0.4, -0.2) is 19.1 Å². The zero-order valence-electron chi connectivity index (χ0n) is 8.79. The molecule has 1 aromatic rings. The van der Waals surface area contributed by atoms with Gasteiger partial charge < -0.3 is 10.1 Å². The minimum Gasteiger partial charge on any atom is -0.468 e. The third-order valence-electron chi connectivity index (χ3n) is 2.06. The second-order valence-electron chi connectivity index (χ2n) is 3.26. The molecule has 0 bridgehead atoms. The van der Waals surface area contributed by atoms with Crippen LogP contribution in [0.3, 0.4) is 0 Å². The standard InChI is InChI=1S/C11H14INO2/c1-8(11(14)15-2)13-7-9-4-3-5-10(12)6-9/h3-6,8,13H,7H2,1-2H3. The molecule has 0 fully saturated rings. The molecule has 1 N–H and O–H groups in total. The first kappa shape index (κ1) is 12.4. The van der Waals surface area contributed by atoms with Gasteiger partial charge in [-0.1, -0.05) is 12.1 Å². The molecule has 4 heteroatoms. The molecule has 3 nitrogen and oxygen atoms in total. The van der Waals surface area contributed by atoms with E-state index in [4.69, 9.17) is 0 Å². The summed E-state index contributed by atoms with van der Waals surface area (Å²) >= 11 is 2.26. The average molecular weight is 319 g/mol. The smallest absolute Gasteiger partial charge is 0.322 e. The number of nitrogens with one attached hydrogen (secondary N) is 1. The molecule has 1 atom stereocenters. The fraction of sp³-hybridized carbons (Fsp3) is 0.364. The van der Waals surface area contributed by atoms with Crippen LogP contribution in [0.1, 0.15) is 12.5 Å². The van der Waals surface area contributed by atoms with Crippen molar-refractivity contribution in [3.63, 3.8) is 0 Å². The highest BCUT2D eigenvalue weighted by Gasteiger charge is 2.11. The summed E-state index contributed by atoms with van der Waals surface area (Å²) in [6.07, 6.45) is 0. The number of ether oxygens (including phenoxy) is 1. The van der Waals surface area contributed by atoms with Crippen LogP contribution in [0.25, 0.3) is 0 Å². The Hall–Kier alpha value is -0.620. The molecular formula is C11H14INO2. The Bertz CT molecular complexity index is 341. The van der Waals surface area contributed by atoms with Crippen molar-refractivity contribution in [3.8, 4) is 0 Å². The van der Waals surface area contributed by atoms with E-state index >= 15 is 0 Å². The lowest BCUT2D eigenvalue weighted by Crippen LogP contribution is -2.34. The SMILES string of the molecule is COC(=O)C(C)NCc1cccc(I)c1. The molecule has 0 aromatic heterocycles. The highest BCUT2D eigenvalue weighted by molar-refractivity contribution is 14.1. The van der Waals surface area contributed by atoms with Gasteiger partial charge in [0.05, 0.1) is 7.11 Å². The zero-order chi connectivity index (χ0) is 11.3. The molecular weight excluding hydrogens is 305 g/mol. The summed E-state index contributed by atoms with van der Waals surface area (Å²) in [6, 6.07) is 7.87. The van der Waals surface area contributed by atoms with E-state index in [0.29, 0.717) is 6.54 Å². The van der Waals surface area contributed by atoms with Crippen molar-refractivity contribution >= 4 is 28.6 Å². The summed E-state index contributed by atoms with van der Waals surface area (Å²) in [6.45, 7) is 2.47. The number of esters is 1. The molecule has 0 saturated heterocycles. The molecule has 1 aromatic carbocycles. The van der Waals surface area contributed by atoms with Gasteiger partial charge in [0.2, 0.25) is 0 Å². The maximum Gasteiger partial charge on any atom is 0.322 e. The second kappa shape index (κ2) is 6.07. The molecule has 0 radical (unpaired) electrons. The molecule has 0 aliphatic heterocycles. The first-order chi connectivity index (χ1) is 7.13. The van der Waals surface area contributed by atoms with E-state index in [2.05, 4.69) is 38.7 Å². The van der Waals surface area contributed by atoms with Gasteiger partial charge in [-0.05, 0) is 47.2 Å². The van der Waals surface area contributed by atoms with Crippen molar-refractivity contribution in [2.75, 3.05) is 7.11 Å². The van der Waals surface area contributed by atoms with Crippen molar-refractivity contribution in [3.05, 3.63) is 33.4 Å². The van der Waals surface area contributed by atoms with Gasteiger partial charge in [-0.25, -0.2) is 0 Å². The summed E-state index contributed by atoms with van der Waals surface area (Å²) in [7, 11) is 1.39. The molecule has 0 aliphatic rings. The average Bonchev–Trinajstić information content (AvgIpc) is 2.25. The normalized spacial score (nSPS) is 12.2. The van der Waals surface area contributed by atoms with Gasteiger partial charge in [-0.2, -0.15) is 0 Å². The predicted molar refractivity (Wildman–Crippen MR) is 67.5 cm³/mol. The van der Waals surface area contributed by atoms with E-state index in [0.717, 1.165) is 5.56 Å². The van der Waals surface area contributed by atoms with Gasteiger partial charge >= 0.3 is 5.97 Å². The summed E-state index contributed by atoms with van der Waals surface area (Å²) < 4.78 is 5.81. The summed E-state index contributed by atoms with van der Waals surface area (Å²) in [4.78, 5) is 11.1. The molecule has 0 saturated carbocycles. The van der Waals surface area contributed by atoms with Crippen molar-refractivity contribution < 1.29 is 9.53 Å². The number of hydrogen-bond acceptors (Lipinski definition) is 3. The van der Waals surface area contributed by atoms with Crippen molar-refractivity contribution in [1.82, 2.24) is 5.32 Å². The lowest BCUT2D eigenvalue weighted by molar-refractivity contribution is -0.142. The molecule has 15 heavy (non-hydrogen) atoms. The Kier molecular flexibility index (Phi) is 5.04. The van der Waals surface area contributed by atoms with Gasteiger partial charge in [-0.3, -0.25) is 4.79 Å². The van der Waals surface area contributed by atoms with E-state index in [-0.39, 0.29) is 12.0 Å². The number of methoxy groups -OCH3 is 1. The van der Waals surface area contributed by atoms with E-state index in [1.54, 1.807) is 6.92 Å². The van der Waals surface area contributed by atoms with Crippen LogP contribution in [0.2, 0.25) is 0 Å². The Morgan fingerprint density at radius 3 is 2.93 bits per heavy atom. The number of hydrogen-bond donors (Lipinski definition) is 1. The molecule has 0 spiro atoms. The number of halogens is 1. The maximum absolute atomic E-state index is 11.1. The van der Waals surface area contributed by atoms with Gasteiger partial charge in [-0.15, -0.1) is 0 Å². The van der Waals surface area contributed by atoms with Crippen LogP contribution >= 0.6 is 22.6 Å². The van der Waals surface area contributed by atoms with E-state index < -0.39 is 0 Å². The van der Waals surface area contributed by atoms with Crippen molar-refractivity contribution in [1.29, 1.82) is 0 Å². The van der Waals surface area contributed by atoms with Gasteiger partial charge in [0.15, 0.2) is 0 Å². The molecule has 82 valence electrons. The lowest BCUT2D eigenvalue weighted by Gasteiger charge is -2.11. The van der Waals surface area contributed by atoms with Crippen LogP contribution in [0, 0.1) is 3.57 Å². The van der Waals surface area contributed by atoms with E-state index in [1.807, 2.05) is 18.2 Å². The Balaban J connectivity index is 2.47. The third kappa shape index (κ3) is 4.17. The Labute approximate surface area is 103 Å². The Morgan fingerprint density at radius 1 is 1.60 bits per heavy atom. The van der Waals surface area contributed by atoms with E-state index in [9.17, 15) is 4.79 Å². The van der Waals surface area contributed by atoms with E-state index in [1.165, 1.54) is 10.7 Å². The van der Waals surface area contributed by atoms with Crippen LogP contribution in [0.4, 0.5) is 0 Å². The van der Waals surface area contributed by atoms with Crippen LogP contribution in [0.15, 0.2) is 24.3 Å². The largest absolute Gasteiger partial charge is 0.468 e. The topological polar surface area (TPSA) is 38.3 Å². The Morgan fingerprint density at radius 2 is 2.33 bits per heavy atom. The molecule has 0 amide bonds. The summed E-state index contributed by atoms with van der Waals surface area (Å²) in [5, 5.41) is 3.10. The third-order valence-corrected chi connectivity index (χ3v) is 2.73. The van der Waals surface area contributed by atoms with Crippen LogP contribution in [-0.2, 0) is 16.1 Å². The fourth-order valence-electron chi connectivity index (χ4n) is 1.18. The second-order valence-corrected chi connectivity index (χ2v) is 4.50. The van der Waals surface area contributed by atoms with Gasteiger partial charge in [0.1, 0.15) is 6.04 Å². The molecule has 0 aliphatic carbocycles.